The fourth-order valence-corrected chi connectivity index (χ4v) is 2.59. The lowest BCUT2D eigenvalue weighted by Gasteiger charge is -2.10. The van der Waals surface area contributed by atoms with Crippen LogP contribution in [0.1, 0.15) is 15.9 Å². The smallest absolute Gasteiger partial charge is 0.335 e. The van der Waals surface area contributed by atoms with E-state index in [1.807, 2.05) is 0 Å². The van der Waals surface area contributed by atoms with Gasteiger partial charge >= 0.3 is 5.69 Å². The highest BCUT2D eigenvalue weighted by atomic mass is 35.5. The molecule has 0 fully saturated rings. The van der Waals surface area contributed by atoms with E-state index in [1.165, 1.54) is 30.3 Å². The van der Waals surface area contributed by atoms with Crippen LogP contribution in [0.25, 0.3) is 5.69 Å². The van der Waals surface area contributed by atoms with Gasteiger partial charge in [0, 0.05) is 16.8 Å². The van der Waals surface area contributed by atoms with E-state index in [1.54, 1.807) is 18.2 Å². The van der Waals surface area contributed by atoms with Crippen molar-refractivity contribution in [2.24, 2.45) is 4.99 Å². The van der Waals surface area contributed by atoms with Crippen molar-refractivity contribution in [3.05, 3.63) is 85.5 Å². The molecule has 1 aromatic heterocycles. The standard InChI is InChI=1S/C18H12ClN3O5/c19-10-4-3-5-11(8-10)22-16(24)13(15(23)21-18(22)27)9-20-14-7-2-1-6-12(14)17(25)26/h1-9,24H,(H,25,26)(H,21,23,27)/p-1. The first-order valence-electron chi connectivity index (χ1n) is 7.57. The van der Waals surface area contributed by atoms with E-state index in [2.05, 4.69) is 9.98 Å². The summed E-state index contributed by atoms with van der Waals surface area (Å²) in [5.74, 6) is -2.11. The van der Waals surface area contributed by atoms with Crippen LogP contribution < -0.4 is 16.4 Å². The molecule has 1 heterocycles. The summed E-state index contributed by atoms with van der Waals surface area (Å²) >= 11 is 5.90. The van der Waals surface area contributed by atoms with Crippen molar-refractivity contribution in [3.8, 4) is 11.6 Å². The maximum Gasteiger partial charge on any atom is 0.335 e. The minimum Gasteiger partial charge on any atom is -0.545 e. The number of aromatic nitrogens is 2. The Morgan fingerprint density at radius 1 is 1.19 bits per heavy atom. The van der Waals surface area contributed by atoms with Crippen LogP contribution >= 0.6 is 11.6 Å². The Labute approximate surface area is 156 Å². The molecule has 0 amide bonds. The molecule has 27 heavy (non-hydrogen) atoms. The van der Waals surface area contributed by atoms with Crippen molar-refractivity contribution >= 4 is 29.5 Å². The third kappa shape index (κ3) is 3.65. The number of carboxylic acids is 1. The Hall–Kier alpha value is -3.65. The first-order chi connectivity index (χ1) is 12.9. The van der Waals surface area contributed by atoms with Crippen LogP contribution in [0.4, 0.5) is 5.69 Å². The Bertz CT molecular complexity index is 1180. The van der Waals surface area contributed by atoms with E-state index >= 15 is 0 Å². The number of para-hydroxylation sites is 1. The number of carbonyl (C=O) groups is 1. The number of aromatic amines is 1. The number of carboxylic acid groups (broad SMARTS) is 1. The quantitative estimate of drug-likeness (QED) is 0.648. The van der Waals surface area contributed by atoms with Crippen molar-refractivity contribution in [1.29, 1.82) is 0 Å². The lowest BCUT2D eigenvalue weighted by Crippen LogP contribution is -2.31. The summed E-state index contributed by atoms with van der Waals surface area (Å²) in [6.07, 6.45) is 0.969. The molecule has 9 heteroatoms. The van der Waals surface area contributed by atoms with Crippen molar-refractivity contribution in [2.45, 2.75) is 0 Å². The van der Waals surface area contributed by atoms with Gasteiger partial charge in [-0.2, -0.15) is 0 Å². The Morgan fingerprint density at radius 2 is 1.93 bits per heavy atom. The number of nitrogens with zero attached hydrogens (tertiary/aromatic N) is 2. The van der Waals surface area contributed by atoms with Gasteiger partial charge in [0.05, 0.1) is 17.3 Å². The van der Waals surface area contributed by atoms with Crippen LogP contribution in [-0.2, 0) is 0 Å². The molecule has 0 aliphatic rings. The number of hydrogen-bond donors (Lipinski definition) is 2. The summed E-state index contributed by atoms with van der Waals surface area (Å²) in [4.78, 5) is 41.3. The third-order valence-electron chi connectivity index (χ3n) is 3.64. The zero-order chi connectivity index (χ0) is 19.6. The number of benzene rings is 2. The first kappa shape index (κ1) is 18.2. The fourth-order valence-electron chi connectivity index (χ4n) is 2.40. The maximum atomic E-state index is 12.1. The Balaban J connectivity index is 2.15. The molecule has 3 rings (SSSR count). The molecule has 0 saturated carbocycles. The maximum absolute atomic E-state index is 12.1. The zero-order valence-corrected chi connectivity index (χ0v) is 14.3. The normalized spacial score (nSPS) is 11.0. The monoisotopic (exact) mass is 384 g/mol. The number of hydrogen-bond acceptors (Lipinski definition) is 6. The molecule has 3 aromatic rings. The summed E-state index contributed by atoms with van der Waals surface area (Å²) in [5, 5.41) is 21.9. The number of halogens is 1. The fraction of sp³-hybridized carbons (Fsp3) is 0. The van der Waals surface area contributed by atoms with Crippen molar-refractivity contribution < 1.29 is 15.0 Å². The summed E-state index contributed by atoms with van der Waals surface area (Å²) in [5.41, 5.74) is -2.02. The number of aromatic carboxylic acids is 1. The highest BCUT2D eigenvalue weighted by Crippen LogP contribution is 2.21. The van der Waals surface area contributed by atoms with Gasteiger partial charge in [-0.15, -0.1) is 0 Å². The van der Waals surface area contributed by atoms with E-state index in [-0.39, 0.29) is 22.5 Å². The van der Waals surface area contributed by atoms with Gasteiger partial charge in [-0.05, 0) is 24.3 Å². The van der Waals surface area contributed by atoms with Crippen LogP contribution in [-0.4, -0.2) is 26.8 Å². The number of rotatable bonds is 4. The number of nitrogens with one attached hydrogen (secondary N) is 1. The summed E-state index contributed by atoms with van der Waals surface area (Å²) < 4.78 is 0.847. The number of aliphatic imine (C=N–C) groups is 1. The van der Waals surface area contributed by atoms with Gasteiger partial charge in [0.2, 0.25) is 5.88 Å². The van der Waals surface area contributed by atoms with Crippen LogP contribution in [0.15, 0.2) is 63.1 Å². The van der Waals surface area contributed by atoms with Gasteiger partial charge in [0.25, 0.3) is 5.56 Å². The van der Waals surface area contributed by atoms with E-state index in [9.17, 15) is 24.6 Å². The average molecular weight is 385 g/mol. The number of H-pyrrole nitrogens is 1. The minimum atomic E-state index is -1.44. The van der Waals surface area contributed by atoms with Crippen LogP contribution in [0.3, 0.4) is 0 Å². The molecule has 0 saturated heterocycles. The van der Waals surface area contributed by atoms with Crippen LogP contribution in [0.5, 0.6) is 5.88 Å². The molecule has 8 nitrogen and oxygen atoms in total. The summed E-state index contributed by atoms with van der Waals surface area (Å²) in [7, 11) is 0. The van der Waals surface area contributed by atoms with Gasteiger partial charge < -0.3 is 15.0 Å². The van der Waals surface area contributed by atoms with E-state index < -0.39 is 23.1 Å². The largest absolute Gasteiger partial charge is 0.545 e. The van der Waals surface area contributed by atoms with Gasteiger partial charge in [-0.3, -0.25) is 14.8 Å². The second-order valence-corrected chi connectivity index (χ2v) is 5.81. The van der Waals surface area contributed by atoms with Crippen LogP contribution in [0, 0.1) is 0 Å². The molecule has 0 spiro atoms. The molecule has 136 valence electrons. The van der Waals surface area contributed by atoms with Gasteiger partial charge in [-0.1, -0.05) is 35.9 Å². The molecule has 0 atom stereocenters. The molecule has 2 N–H and O–H groups in total. The molecule has 0 unspecified atom stereocenters. The van der Waals surface area contributed by atoms with Gasteiger partial charge in [0.1, 0.15) is 5.56 Å². The zero-order valence-electron chi connectivity index (χ0n) is 13.5. The lowest BCUT2D eigenvalue weighted by atomic mass is 10.2. The first-order valence-corrected chi connectivity index (χ1v) is 7.95. The molecular weight excluding hydrogens is 374 g/mol. The molecule has 0 aliphatic carbocycles. The van der Waals surface area contributed by atoms with Crippen molar-refractivity contribution in [2.75, 3.05) is 0 Å². The van der Waals surface area contributed by atoms with Crippen molar-refractivity contribution in [3.63, 3.8) is 0 Å². The number of carbonyl (C=O) groups excluding carboxylic acids is 1. The van der Waals surface area contributed by atoms with Gasteiger partial charge in [0.15, 0.2) is 0 Å². The van der Waals surface area contributed by atoms with E-state index in [0.717, 1.165) is 10.8 Å². The van der Waals surface area contributed by atoms with Gasteiger partial charge in [-0.25, -0.2) is 9.36 Å². The molecule has 0 bridgehead atoms. The number of aromatic hydroxyl groups is 1. The molecule has 0 aliphatic heterocycles. The highest BCUT2D eigenvalue weighted by molar-refractivity contribution is 6.30. The Morgan fingerprint density at radius 3 is 2.63 bits per heavy atom. The second-order valence-electron chi connectivity index (χ2n) is 5.37. The second kappa shape index (κ2) is 7.30. The highest BCUT2D eigenvalue weighted by Gasteiger charge is 2.14. The summed E-state index contributed by atoms with van der Waals surface area (Å²) in [6.45, 7) is 0. The Kier molecular flexibility index (Phi) is 4.91. The molecule has 0 radical (unpaired) electrons. The average Bonchev–Trinajstić information content (AvgIpc) is 2.61. The summed E-state index contributed by atoms with van der Waals surface area (Å²) in [6, 6.07) is 11.8. The SMILES string of the molecule is O=C([O-])c1ccccc1N=Cc1c(O)n(-c2cccc(Cl)c2)c(=O)[nH]c1=O. The minimum absolute atomic E-state index is 0.0248. The molecular formula is C18H11ClN3O5-. The van der Waals surface area contributed by atoms with Crippen LogP contribution in [0.2, 0.25) is 5.02 Å². The van der Waals surface area contributed by atoms with E-state index in [0.29, 0.717) is 5.02 Å². The predicted molar refractivity (Wildman–Crippen MR) is 97.4 cm³/mol. The predicted octanol–water partition coefficient (Wildman–Crippen LogP) is 0.999. The molecule has 2 aromatic carbocycles. The van der Waals surface area contributed by atoms with E-state index in [4.69, 9.17) is 11.6 Å². The van der Waals surface area contributed by atoms with Crippen molar-refractivity contribution in [1.82, 2.24) is 9.55 Å². The topological polar surface area (TPSA) is 128 Å². The lowest BCUT2D eigenvalue weighted by molar-refractivity contribution is -0.254. The third-order valence-corrected chi connectivity index (χ3v) is 3.88.